The van der Waals surface area contributed by atoms with Gasteiger partial charge in [-0.3, -0.25) is 0 Å². The van der Waals surface area contributed by atoms with Gasteiger partial charge in [0.1, 0.15) is 0 Å². The van der Waals surface area contributed by atoms with E-state index in [9.17, 15) is 13.7 Å². The van der Waals surface area contributed by atoms with Crippen molar-refractivity contribution < 1.29 is 33.8 Å². The van der Waals surface area contributed by atoms with Crippen LogP contribution in [0, 0.1) is 28.6 Å². The number of nitrogens with zero attached hydrogens (tertiary/aromatic N) is 3. The second-order valence-electron chi connectivity index (χ2n) is 12.0. The Labute approximate surface area is 245 Å². The van der Waals surface area contributed by atoms with Crippen LogP contribution in [-0.2, 0) is 14.4 Å². The van der Waals surface area contributed by atoms with Crippen molar-refractivity contribution in [1.29, 1.82) is 0 Å². The molecule has 2 heterocycles. The van der Waals surface area contributed by atoms with E-state index in [0.717, 1.165) is 55.9 Å². The molecule has 9 heteroatoms. The van der Waals surface area contributed by atoms with Crippen LogP contribution >= 0.6 is 0 Å². The average Bonchev–Trinajstić information content (AvgIpc) is 3.29. The van der Waals surface area contributed by atoms with Crippen LogP contribution in [-0.4, -0.2) is 55.0 Å². The van der Waals surface area contributed by atoms with Crippen molar-refractivity contribution in [3.8, 4) is 11.8 Å². The zero-order chi connectivity index (χ0) is 28.2. The summed E-state index contributed by atoms with van der Waals surface area (Å²) in [5.41, 5.74) is 3.74. The van der Waals surface area contributed by atoms with Gasteiger partial charge in [-0.2, -0.15) is 0 Å². The van der Waals surface area contributed by atoms with E-state index in [1.807, 2.05) is 6.20 Å². The van der Waals surface area contributed by atoms with Crippen molar-refractivity contribution >= 4 is 14.0 Å². The summed E-state index contributed by atoms with van der Waals surface area (Å²) in [4.78, 5) is 0.812. The predicted molar refractivity (Wildman–Crippen MR) is 153 cm³/mol. The molecule has 0 saturated carbocycles. The Morgan fingerprint density at radius 3 is 2.90 bits per heavy atom. The molecule has 1 aliphatic heterocycles. The molecular weight excluding hydrogens is 626 g/mol. The minimum absolute atomic E-state index is 0.0983. The van der Waals surface area contributed by atoms with Crippen LogP contribution in [0.2, 0.25) is 0 Å². The zero-order valence-corrected chi connectivity index (χ0v) is 26.9. The summed E-state index contributed by atoms with van der Waals surface area (Å²) in [6.45, 7) is 13.4. The molecule has 1 aromatic rings. The van der Waals surface area contributed by atoms with Crippen LogP contribution in [0.4, 0.5) is 4.39 Å². The molecule has 2 N–H and O–H groups in total. The number of aliphatic hydroxyl groups is 1. The molecule has 4 unspecified atom stereocenters. The van der Waals surface area contributed by atoms with Gasteiger partial charge >= 0.3 is 246 Å². The molecule has 1 aromatic heterocycles. The van der Waals surface area contributed by atoms with Crippen molar-refractivity contribution in [3.63, 3.8) is 0 Å². The Kier molecular flexibility index (Phi) is 10.3. The fourth-order valence-corrected chi connectivity index (χ4v) is 11.3. The molecule has 0 radical (unpaired) electrons. The van der Waals surface area contributed by atoms with E-state index in [0.29, 0.717) is 18.9 Å². The van der Waals surface area contributed by atoms with Gasteiger partial charge in [-0.1, -0.05) is 0 Å². The summed E-state index contributed by atoms with van der Waals surface area (Å²) in [7, 11) is -1.05. The van der Waals surface area contributed by atoms with E-state index in [1.54, 1.807) is 6.08 Å². The van der Waals surface area contributed by atoms with E-state index in [4.69, 9.17) is 5.10 Å². The van der Waals surface area contributed by atoms with Crippen molar-refractivity contribution in [2.75, 3.05) is 32.8 Å². The van der Waals surface area contributed by atoms with Gasteiger partial charge < -0.3 is 0 Å². The molecule has 0 spiro atoms. The number of nitrogens with one attached hydrogen (secondary N) is 1. The standard InChI is InChI=1S/C30H43FIN4O2S/c1-6-26(10-7-22(2)31)36-28-17-25-13-15-35(21-30(25,20-33-14-16-37)18-23(28)19-34-36)32-39(38)27-11-8-24(9-12-27)29(3,4)5/h7,11,17,19,24,26,33,37H,6,8,10,13-16,18,20-21H2,1-5H3/q-1/b22-7+. The van der Waals surface area contributed by atoms with Gasteiger partial charge in [-0.25, -0.2) is 0 Å². The van der Waals surface area contributed by atoms with Crippen LogP contribution in [0.5, 0.6) is 0 Å². The number of fused-ring (bicyclic) bond motifs is 2. The number of halogens is 2. The molecule has 0 amide bonds. The first-order chi connectivity index (χ1) is 18.6. The van der Waals surface area contributed by atoms with Gasteiger partial charge in [0.15, 0.2) is 0 Å². The van der Waals surface area contributed by atoms with Crippen molar-refractivity contribution in [3.05, 3.63) is 45.9 Å². The SMILES string of the molecule is CCC(C/C=C(\C)F)n1ncc2c1C=C1CCN([I-]S(=O)C3=CCC(C(C)(C)C)C#C3)CC1(CNCCO)C2. The van der Waals surface area contributed by atoms with Crippen LogP contribution in [0.15, 0.2) is 34.7 Å². The second-order valence-corrected chi connectivity index (χ2v) is 18.0. The van der Waals surface area contributed by atoms with Crippen LogP contribution in [0.25, 0.3) is 6.08 Å². The molecule has 1 fully saturated rings. The van der Waals surface area contributed by atoms with Crippen LogP contribution in [0.1, 0.15) is 77.6 Å². The van der Waals surface area contributed by atoms with E-state index < -0.39 is 28.1 Å². The third-order valence-corrected chi connectivity index (χ3v) is 14.0. The van der Waals surface area contributed by atoms with E-state index in [1.165, 1.54) is 18.1 Å². The van der Waals surface area contributed by atoms with Gasteiger partial charge in [0.05, 0.1) is 0 Å². The Bertz CT molecular complexity index is 1220. The molecule has 39 heavy (non-hydrogen) atoms. The van der Waals surface area contributed by atoms with Crippen molar-refractivity contribution in [2.45, 2.75) is 72.8 Å². The maximum absolute atomic E-state index is 13.5. The number of aromatic nitrogens is 2. The monoisotopic (exact) mass is 669 g/mol. The van der Waals surface area contributed by atoms with Gasteiger partial charge in [0, 0.05) is 0 Å². The topological polar surface area (TPSA) is 70.4 Å². The predicted octanol–water partition coefficient (Wildman–Crippen LogP) is 1.93. The Morgan fingerprint density at radius 1 is 1.46 bits per heavy atom. The average molecular weight is 670 g/mol. The Hall–Kier alpha value is -1.32. The number of allylic oxidation sites excluding steroid dienone is 4. The fraction of sp³-hybridized carbons (Fsp3) is 0.633. The molecular formula is C30H43FIN4O2S-. The minimum atomic E-state index is -1.05. The van der Waals surface area contributed by atoms with Gasteiger partial charge in [-0.15, -0.1) is 0 Å². The summed E-state index contributed by atoms with van der Waals surface area (Å²) in [5, 5.41) is 17.7. The van der Waals surface area contributed by atoms with Gasteiger partial charge in [0.25, 0.3) is 0 Å². The quantitative estimate of drug-likeness (QED) is 0.124. The number of piperidine rings is 1. The summed E-state index contributed by atoms with van der Waals surface area (Å²) in [5.74, 6) is 6.76. The Balaban J connectivity index is 1.53. The molecule has 216 valence electrons. The third-order valence-electron chi connectivity index (χ3n) is 8.06. The summed E-state index contributed by atoms with van der Waals surface area (Å²) >= 11 is -0.734. The maximum atomic E-state index is 13.5. The number of aliphatic hydroxyl groups excluding tert-OH is 1. The van der Waals surface area contributed by atoms with Crippen molar-refractivity contribution in [1.82, 2.24) is 18.2 Å². The summed E-state index contributed by atoms with van der Waals surface area (Å²) in [6, 6.07) is 0.118. The Morgan fingerprint density at radius 2 is 2.26 bits per heavy atom. The molecule has 0 bridgehead atoms. The molecule has 1 saturated heterocycles. The third kappa shape index (κ3) is 7.31. The van der Waals surface area contributed by atoms with Crippen molar-refractivity contribution in [2.24, 2.45) is 16.7 Å². The fourth-order valence-electron chi connectivity index (χ4n) is 5.66. The van der Waals surface area contributed by atoms with Gasteiger partial charge in [0.2, 0.25) is 0 Å². The van der Waals surface area contributed by atoms with Crippen LogP contribution in [0.3, 0.4) is 0 Å². The molecule has 3 aliphatic rings. The van der Waals surface area contributed by atoms with Crippen LogP contribution < -0.4 is 25.4 Å². The first-order valence-corrected chi connectivity index (χ1v) is 18.7. The summed E-state index contributed by atoms with van der Waals surface area (Å²) in [6.07, 6.45) is 12.2. The van der Waals surface area contributed by atoms with E-state index in [2.05, 4.69) is 64.8 Å². The van der Waals surface area contributed by atoms with E-state index >= 15 is 0 Å². The normalized spacial score (nSPS) is 25.2. The molecule has 4 rings (SSSR count). The zero-order valence-electron chi connectivity index (χ0n) is 23.9. The van der Waals surface area contributed by atoms with Gasteiger partial charge in [-0.05, 0) is 0 Å². The number of rotatable bonds is 11. The molecule has 2 aliphatic carbocycles. The molecule has 6 nitrogen and oxygen atoms in total. The number of hydrogen-bond donors (Lipinski definition) is 2. The van der Waals surface area contributed by atoms with E-state index in [-0.39, 0.29) is 29.3 Å². The molecule has 0 aromatic carbocycles. The first-order valence-electron chi connectivity index (χ1n) is 14.0. The first kappa shape index (κ1) is 30.6. The molecule has 4 atom stereocenters. The summed E-state index contributed by atoms with van der Waals surface area (Å²) < 4.78 is 31.4. The second kappa shape index (κ2) is 13.1. The number of hydrogen-bond acceptors (Lipinski definition) is 5.